The van der Waals surface area contributed by atoms with Gasteiger partial charge in [0, 0.05) is 12.1 Å². The third kappa shape index (κ3) is 3.07. The molecule has 1 atom stereocenters. The van der Waals surface area contributed by atoms with Crippen molar-refractivity contribution < 1.29 is 22.4 Å². The minimum Gasteiger partial charge on any atom is -0.318 e. The minimum absolute atomic E-state index is 0.0642. The highest BCUT2D eigenvalue weighted by Gasteiger charge is 2.44. The zero-order valence-electron chi connectivity index (χ0n) is 12.8. The van der Waals surface area contributed by atoms with Crippen LogP contribution in [0.15, 0.2) is 42.5 Å². The Balaban J connectivity index is 1.90. The van der Waals surface area contributed by atoms with Crippen LogP contribution in [0.1, 0.15) is 33.1 Å². The van der Waals surface area contributed by atoms with Crippen LogP contribution < -0.4 is 0 Å². The molecule has 7 heteroatoms. The summed E-state index contributed by atoms with van der Waals surface area (Å²) in [4.78, 5) is 13.7. The van der Waals surface area contributed by atoms with Crippen molar-refractivity contribution in [2.75, 3.05) is 6.54 Å². The van der Waals surface area contributed by atoms with Crippen LogP contribution >= 0.6 is 0 Å². The summed E-state index contributed by atoms with van der Waals surface area (Å²) in [5.41, 5.74) is -0.695. The smallest absolute Gasteiger partial charge is 0.318 e. The topological polar surface area (TPSA) is 44.1 Å². The summed E-state index contributed by atoms with van der Waals surface area (Å²) >= 11 is 0. The van der Waals surface area contributed by atoms with Gasteiger partial charge in [-0.25, -0.2) is 4.39 Å². The Hall–Kier alpha value is -2.88. The molecule has 1 unspecified atom stereocenters. The number of carbonyl (C=O) groups excluding carboxylic acids is 1. The second-order valence-corrected chi connectivity index (χ2v) is 5.67. The van der Waals surface area contributed by atoms with Crippen molar-refractivity contribution in [3.8, 4) is 6.07 Å². The Morgan fingerprint density at radius 1 is 1.12 bits per heavy atom. The van der Waals surface area contributed by atoms with E-state index in [1.54, 1.807) is 0 Å². The van der Waals surface area contributed by atoms with Gasteiger partial charge < -0.3 is 4.90 Å². The Morgan fingerprint density at radius 3 is 2.40 bits per heavy atom. The molecule has 1 aliphatic heterocycles. The SMILES string of the molecule is N#CC1c2cccc(C(F)(F)F)c2C(=O)N1CCc1ccc(F)cc1. The molecule has 25 heavy (non-hydrogen) atoms. The molecule has 2 aromatic rings. The summed E-state index contributed by atoms with van der Waals surface area (Å²) in [5, 5.41) is 9.35. The molecule has 0 fully saturated rings. The molecule has 3 rings (SSSR count). The normalized spacial score (nSPS) is 16.7. The van der Waals surface area contributed by atoms with Crippen molar-refractivity contribution in [2.45, 2.75) is 18.6 Å². The Kier molecular flexibility index (Phi) is 4.21. The Bertz CT molecular complexity index is 853. The second kappa shape index (κ2) is 6.20. The van der Waals surface area contributed by atoms with Gasteiger partial charge in [-0.1, -0.05) is 24.3 Å². The average molecular weight is 348 g/mol. The number of rotatable bonds is 3. The lowest BCUT2D eigenvalue weighted by molar-refractivity contribution is -0.137. The van der Waals surface area contributed by atoms with Gasteiger partial charge in [-0.15, -0.1) is 0 Å². The van der Waals surface area contributed by atoms with Crippen molar-refractivity contribution in [2.24, 2.45) is 0 Å². The summed E-state index contributed by atoms with van der Waals surface area (Å²) in [7, 11) is 0. The molecule has 0 bridgehead atoms. The fraction of sp³-hybridized carbons (Fsp3) is 0.222. The van der Waals surface area contributed by atoms with Crippen LogP contribution in [0.25, 0.3) is 0 Å². The standard InChI is InChI=1S/C18H12F4N2O/c19-12-6-4-11(5-7-12)8-9-24-15(10-23)13-2-1-3-14(18(20,21)22)16(13)17(24)25/h1-7,15H,8-9H2. The van der Waals surface area contributed by atoms with Gasteiger partial charge in [0.2, 0.25) is 0 Å². The van der Waals surface area contributed by atoms with Gasteiger partial charge in [0.05, 0.1) is 17.2 Å². The van der Waals surface area contributed by atoms with Crippen LogP contribution in [0, 0.1) is 17.1 Å². The van der Waals surface area contributed by atoms with E-state index in [-0.39, 0.29) is 12.1 Å². The largest absolute Gasteiger partial charge is 0.417 e. The predicted molar refractivity (Wildman–Crippen MR) is 80.9 cm³/mol. The highest BCUT2D eigenvalue weighted by atomic mass is 19.4. The molecule has 0 aliphatic carbocycles. The molecule has 3 nitrogen and oxygen atoms in total. The molecule has 0 saturated carbocycles. The van der Waals surface area contributed by atoms with Crippen LogP contribution in [0.4, 0.5) is 17.6 Å². The van der Waals surface area contributed by atoms with Crippen molar-refractivity contribution in [1.82, 2.24) is 4.90 Å². The Labute approximate surface area is 141 Å². The number of hydrogen-bond acceptors (Lipinski definition) is 2. The maximum absolute atomic E-state index is 13.2. The van der Waals surface area contributed by atoms with Crippen LogP contribution in [-0.2, 0) is 12.6 Å². The molecule has 0 N–H and O–H groups in total. The zero-order valence-corrected chi connectivity index (χ0v) is 12.8. The quantitative estimate of drug-likeness (QED) is 0.784. The maximum Gasteiger partial charge on any atom is 0.417 e. The number of halogens is 4. The molecule has 128 valence electrons. The van der Waals surface area contributed by atoms with Gasteiger partial charge in [-0.05, 0) is 30.2 Å². The molecule has 2 aromatic carbocycles. The van der Waals surface area contributed by atoms with E-state index in [0.29, 0.717) is 6.42 Å². The Morgan fingerprint density at radius 2 is 1.80 bits per heavy atom. The van der Waals surface area contributed by atoms with E-state index < -0.39 is 35.1 Å². The highest BCUT2D eigenvalue weighted by molar-refractivity contribution is 6.01. The first-order valence-corrected chi connectivity index (χ1v) is 7.48. The molecule has 1 amide bonds. The fourth-order valence-corrected chi connectivity index (χ4v) is 2.97. The van der Waals surface area contributed by atoms with E-state index in [0.717, 1.165) is 16.5 Å². The van der Waals surface area contributed by atoms with E-state index in [9.17, 15) is 27.6 Å². The summed E-state index contributed by atoms with van der Waals surface area (Å²) in [6, 6.07) is 9.84. The van der Waals surface area contributed by atoms with Gasteiger partial charge >= 0.3 is 6.18 Å². The molecule has 0 saturated heterocycles. The minimum atomic E-state index is -4.67. The molecule has 1 heterocycles. The van der Waals surface area contributed by atoms with E-state index in [2.05, 4.69) is 0 Å². The van der Waals surface area contributed by atoms with E-state index in [1.807, 2.05) is 6.07 Å². The number of nitrogens with zero attached hydrogens (tertiary/aromatic N) is 2. The highest BCUT2D eigenvalue weighted by Crippen LogP contribution is 2.41. The van der Waals surface area contributed by atoms with Gasteiger partial charge in [-0.3, -0.25) is 4.79 Å². The molecule has 0 radical (unpaired) electrons. The third-order valence-corrected chi connectivity index (χ3v) is 4.16. The lowest BCUT2D eigenvalue weighted by atomic mass is 10.00. The van der Waals surface area contributed by atoms with Crippen LogP contribution in [0.5, 0.6) is 0 Å². The van der Waals surface area contributed by atoms with Gasteiger partial charge in [0.1, 0.15) is 11.9 Å². The van der Waals surface area contributed by atoms with E-state index >= 15 is 0 Å². The van der Waals surface area contributed by atoms with E-state index in [1.165, 1.54) is 36.4 Å². The molecular weight excluding hydrogens is 336 g/mol. The number of hydrogen-bond donors (Lipinski definition) is 0. The average Bonchev–Trinajstić information content (AvgIpc) is 2.85. The summed E-state index contributed by atoms with van der Waals surface area (Å²) in [6.07, 6.45) is -4.37. The predicted octanol–water partition coefficient (Wildman–Crippen LogP) is 4.11. The lowest BCUT2D eigenvalue weighted by Gasteiger charge is -2.20. The van der Waals surface area contributed by atoms with E-state index in [4.69, 9.17) is 0 Å². The summed E-state index contributed by atoms with van der Waals surface area (Å²) in [6.45, 7) is 0.0642. The zero-order chi connectivity index (χ0) is 18.2. The van der Waals surface area contributed by atoms with Gasteiger partial charge in [-0.2, -0.15) is 18.4 Å². The number of fused-ring (bicyclic) bond motifs is 1. The molecule has 1 aliphatic rings. The monoisotopic (exact) mass is 348 g/mol. The first-order valence-electron chi connectivity index (χ1n) is 7.48. The lowest BCUT2D eigenvalue weighted by Crippen LogP contribution is -2.30. The van der Waals surface area contributed by atoms with Crippen LogP contribution in [0.2, 0.25) is 0 Å². The molecule has 0 spiro atoms. The maximum atomic E-state index is 13.2. The summed E-state index contributed by atoms with van der Waals surface area (Å²) < 4.78 is 52.4. The number of alkyl halides is 3. The third-order valence-electron chi connectivity index (χ3n) is 4.16. The van der Waals surface area contributed by atoms with Crippen molar-refractivity contribution in [1.29, 1.82) is 5.26 Å². The first kappa shape index (κ1) is 17.0. The number of nitriles is 1. The summed E-state index contributed by atoms with van der Waals surface area (Å²) in [5.74, 6) is -1.21. The number of amides is 1. The molecular formula is C18H12F4N2O. The van der Waals surface area contributed by atoms with Crippen molar-refractivity contribution in [3.63, 3.8) is 0 Å². The van der Waals surface area contributed by atoms with Gasteiger partial charge in [0.25, 0.3) is 5.91 Å². The second-order valence-electron chi connectivity index (χ2n) is 5.67. The fourth-order valence-electron chi connectivity index (χ4n) is 2.97. The van der Waals surface area contributed by atoms with Crippen LogP contribution in [-0.4, -0.2) is 17.4 Å². The first-order chi connectivity index (χ1) is 11.8. The molecule has 0 aromatic heterocycles. The number of carbonyl (C=O) groups is 1. The number of benzene rings is 2. The van der Waals surface area contributed by atoms with Crippen LogP contribution in [0.3, 0.4) is 0 Å². The van der Waals surface area contributed by atoms with Crippen molar-refractivity contribution >= 4 is 5.91 Å². The van der Waals surface area contributed by atoms with Crippen molar-refractivity contribution in [3.05, 3.63) is 70.5 Å². The van der Waals surface area contributed by atoms with Gasteiger partial charge in [0.15, 0.2) is 0 Å².